The maximum atomic E-state index is 13.2. The molecular weight excluding hydrogens is 255 g/mol. The summed E-state index contributed by atoms with van der Waals surface area (Å²) in [4.78, 5) is 0. The van der Waals surface area contributed by atoms with E-state index in [0.717, 1.165) is 5.56 Å². The van der Waals surface area contributed by atoms with Gasteiger partial charge in [-0.25, -0.2) is 4.39 Å². The van der Waals surface area contributed by atoms with E-state index < -0.39 is 6.17 Å². The molecule has 78 valence electrons. The summed E-state index contributed by atoms with van der Waals surface area (Å²) in [7, 11) is 0. The van der Waals surface area contributed by atoms with Gasteiger partial charge >= 0.3 is 0 Å². The average Bonchev–Trinajstić information content (AvgIpc) is 2.29. The Hall–Kier alpha value is -0.890. The van der Waals surface area contributed by atoms with Crippen LogP contribution in [-0.2, 0) is 6.42 Å². The first-order valence-electron chi connectivity index (χ1n) is 4.97. The van der Waals surface area contributed by atoms with Crippen molar-refractivity contribution in [1.82, 2.24) is 0 Å². The number of rotatable bonds is 3. The lowest BCUT2D eigenvalue weighted by Crippen LogP contribution is -2.05. The highest BCUT2D eigenvalue weighted by atomic mass is 79.9. The van der Waals surface area contributed by atoms with Gasteiger partial charge in [0, 0.05) is 11.8 Å². The minimum Gasteiger partial charge on any atom is -0.246 e. The summed E-state index contributed by atoms with van der Waals surface area (Å²) in [6.07, 6.45) is -0.318. The summed E-state index contributed by atoms with van der Waals surface area (Å²) in [5.74, 6) is 0. The molecule has 1 atom stereocenters. The van der Waals surface area contributed by atoms with E-state index in [1.54, 1.807) is 0 Å². The van der Waals surface area contributed by atoms with Crippen LogP contribution in [0.5, 0.6) is 0 Å². The molecule has 0 aliphatic rings. The second kappa shape index (κ2) is 4.75. The van der Waals surface area contributed by atoms with Crippen molar-refractivity contribution >= 4 is 26.7 Å². The Morgan fingerprint density at radius 3 is 2.53 bits per heavy atom. The van der Waals surface area contributed by atoms with Crippen molar-refractivity contribution < 1.29 is 4.39 Å². The molecule has 0 amide bonds. The van der Waals surface area contributed by atoms with Gasteiger partial charge in [-0.15, -0.1) is 0 Å². The molecule has 0 N–H and O–H groups in total. The highest BCUT2D eigenvalue weighted by Crippen LogP contribution is 2.17. The second-order valence-corrected chi connectivity index (χ2v) is 4.28. The van der Waals surface area contributed by atoms with Crippen molar-refractivity contribution in [3.8, 4) is 0 Å². The molecule has 2 rings (SSSR count). The van der Waals surface area contributed by atoms with Crippen LogP contribution in [0.1, 0.15) is 5.56 Å². The van der Waals surface area contributed by atoms with Crippen molar-refractivity contribution in [2.45, 2.75) is 12.6 Å². The third-order valence-electron chi connectivity index (χ3n) is 2.44. The molecule has 0 aromatic heterocycles. The van der Waals surface area contributed by atoms with Crippen LogP contribution in [0.25, 0.3) is 10.8 Å². The monoisotopic (exact) mass is 266 g/mol. The molecule has 0 spiro atoms. The van der Waals surface area contributed by atoms with Gasteiger partial charge in [0.25, 0.3) is 0 Å². The maximum Gasteiger partial charge on any atom is 0.114 e. The van der Waals surface area contributed by atoms with E-state index in [0.29, 0.717) is 11.8 Å². The Balaban J connectivity index is 2.30. The van der Waals surface area contributed by atoms with E-state index in [1.165, 1.54) is 10.8 Å². The van der Waals surface area contributed by atoms with Crippen molar-refractivity contribution in [1.29, 1.82) is 0 Å². The lowest BCUT2D eigenvalue weighted by atomic mass is 10.0. The fraction of sp³-hybridized carbons (Fsp3) is 0.231. The van der Waals surface area contributed by atoms with E-state index in [2.05, 4.69) is 34.1 Å². The molecule has 2 aromatic carbocycles. The molecule has 0 aliphatic carbocycles. The summed E-state index contributed by atoms with van der Waals surface area (Å²) in [5, 5.41) is 2.78. The van der Waals surface area contributed by atoms with Crippen molar-refractivity contribution in [3.05, 3.63) is 48.0 Å². The first kappa shape index (κ1) is 10.6. The van der Waals surface area contributed by atoms with Crippen LogP contribution in [0.3, 0.4) is 0 Å². The van der Waals surface area contributed by atoms with Gasteiger partial charge in [-0.2, -0.15) is 0 Å². The molecule has 1 unspecified atom stereocenters. The molecule has 0 nitrogen and oxygen atoms in total. The van der Waals surface area contributed by atoms with E-state index in [4.69, 9.17) is 0 Å². The fourth-order valence-corrected chi connectivity index (χ4v) is 1.90. The number of alkyl halides is 2. The summed E-state index contributed by atoms with van der Waals surface area (Å²) in [6.45, 7) is 0. The van der Waals surface area contributed by atoms with Crippen LogP contribution in [0.15, 0.2) is 42.5 Å². The van der Waals surface area contributed by atoms with E-state index in [1.807, 2.05) is 24.3 Å². The molecule has 0 bridgehead atoms. The Morgan fingerprint density at radius 2 is 1.80 bits per heavy atom. The van der Waals surface area contributed by atoms with Crippen molar-refractivity contribution in [3.63, 3.8) is 0 Å². The zero-order valence-corrected chi connectivity index (χ0v) is 9.87. The highest BCUT2D eigenvalue weighted by Gasteiger charge is 2.05. The number of hydrogen-bond acceptors (Lipinski definition) is 0. The number of hydrogen-bond donors (Lipinski definition) is 0. The minimum absolute atomic E-state index is 0.403. The molecule has 2 heteroatoms. The van der Waals surface area contributed by atoms with Gasteiger partial charge in [-0.1, -0.05) is 58.4 Å². The van der Waals surface area contributed by atoms with Crippen molar-refractivity contribution in [2.75, 3.05) is 5.33 Å². The Morgan fingerprint density at radius 1 is 1.07 bits per heavy atom. The smallest absolute Gasteiger partial charge is 0.114 e. The minimum atomic E-state index is -0.800. The van der Waals surface area contributed by atoms with Gasteiger partial charge in [0.2, 0.25) is 0 Å². The van der Waals surface area contributed by atoms with Crippen LogP contribution in [0, 0.1) is 0 Å². The predicted octanol–water partition coefficient (Wildman–Crippen LogP) is 4.12. The van der Waals surface area contributed by atoms with E-state index >= 15 is 0 Å². The first-order valence-corrected chi connectivity index (χ1v) is 6.09. The molecule has 0 aliphatic heterocycles. The highest BCUT2D eigenvalue weighted by molar-refractivity contribution is 9.09. The Labute approximate surface area is 97.2 Å². The number of benzene rings is 2. The third kappa shape index (κ3) is 2.57. The third-order valence-corrected chi connectivity index (χ3v) is 3.14. The van der Waals surface area contributed by atoms with Crippen LogP contribution in [-0.4, -0.2) is 11.5 Å². The summed E-state index contributed by atoms with van der Waals surface area (Å²) >= 11 is 3.15. The molecule has 2 aromatic rings. The number of fused-ring (bicyclic) bond motifs is 1. The average molecular weight is 267 g/mol. The summed E-state index contributed by atoms with van der Waals surface area (Å²) in [6, 6.07) is 14.2. The molecule has 0 radical (unpaired) electrons. The van der Waals surface area contributed by atoms with Gasteiger partial charge in [0.05, 0.1) is 0 Å². The zero-order valence-electron chi connectivity index (χ0n) is 8.29. The maximum absolute atomic E-state index is 13.2. The van der Waals surface area contributed by atoms with Crippen molar-refractivity contribution in [2.24, 2.45) is 0 Å². The standard InChI is InChI=1S/C13H12BrF/c14-9-13(15)8-10-5-6-11-3-1-2-4-12(11)7-10/h1-7,13H,8-9H2. The van der Waals surface area contributed by atoms with Gasteiger partial charge in [-0.05, 0) is 16.3 Å². The summed E-state index contributed by atoms with van der Waals surface area (Å²) < 4.78 is 13.2. The number of halogens is 2. The van der Waals surface area contributed by atoms with Crippen LogP contribution >= 0.6 is 15.9 Å². The normalized spacial score (nSPS) is 12.9. The fourth-order valence-electron chi connectivity index (χ4n) is 1.68. The SMILES string of the molecule is FC(CBr)Cc1ccc2ccccc2c1. The lowest BCUT2D eigenvalue weighted by Gasteiger charge is -2.05. The lowest BCUT2D eigenvalue weighted by molar-refractivity contribution is 0.368. The van der Waals surface area contributed by atoms with Gasteiger partial charge < -0.3 is 0 Å². The van der Waals surface area contributed by atoms with E-state index in [-0.39, 0.29) is 0 Å². The first-order chi connectivity index (χ1) is 7.29. The Kier molecular flexibility index (Phi) is 3.37. The van der Waals surface area contributed by atoms with Gasteiger partial charge in [0.15, 0.2) is 0 Å². The molecular formula is C13H12BrF. The van der Waals surface area contributed by atoms with Crippen LogP contribution < -0.4 is 0 Å². The van der Waals surface area contributed by atoms with Crippen LogP contribution in [0.2, 0.25) is 0 Å². The van der Waals surface area contributed by atoms with Gasteiger partial charge in [-0.3, -0.25) is 0 Å². The van der Waals surface area contributed by atoms with Crippen LogP contribution in [0.4, 0.5) is 4.39 Å². The zero-order chi connectivity index (χ0) is 10.7. The molecule has 15 heavy (non-hydrogen) atoms. The van der Waals surface area contributed by atoms with E-state index in [9.17, 15) is 4.39 Å². The molecule has 0 fully saturated rings. The van der Waals surface area contributed by atoms with Gasteiger partial charge in [0.1, 0.15) is 6.17 Å². The summed E-state index contributed by atoms with van der Waals surface area (Å²) in [5.41, 5.74) is 1.06. The largest absolute Gasteiger partial charge is 0.246 e. The molecule has 0 saturated heterocycles. The quantitative estimate of drug-likeness (QED) is 0.734. The Bertz CT molecular complexity index is 453. The topological polar surface area (TPSA) is 0 Å². The molecule has 0 saturated carbocycles. The second-order valence-electron chi connectivity index (χ2n) is 3.64. The predicted molar refractivity (Wildman–Crippen MR) is 66.3 cm³/mol. The molecule has 0 heterocycles.